The first-order valence-corrected chi connectivity index (χ1v) is 10.00. The highest BCUT2D eigenvalue weighted by molar-refractivity contribution is 5.95. The molecule has 158 valence electrons. The van der Waals surface area contributed by atoms with Crippen molar-refractivity contribution < 1.29 is 13.9 Å². The Kier molecular flexibility index (Phi) is 5.66. The second kappa shape index (κ2) is 8.55. The van der Waals surface area contributed by atoms with Crippen LogP contribution in [0.5, 0.6) is 5.75 Å². The molecule has 0 saturated heterocycles. The van der Waals surface area contributed by atoms with E-state index in [0.29, 0.717) is 12.2 Å². The van der Waals surface area contributed by atoms with E-state index in [1.807, 2.05) is 44.2 Å². The third-order valence-electron chi connectivity index (χ3n) is 5.07. The molecule has 7 heteroatoms. The van der Waals surface area contributed by atoms with E-state index in [4.69, 9.17) is 14.8 Å². The molecule has 0 bridgehead atoms. The topological polar surface area (TPSA) is 69.0 Å². The summed E-state index contributed by atoms with van der Waals surface area (Å²) in [6.07, 6.45) is 0.203. The van der Waals surface area contributed by atoms with Gasteiger partial charge in [0, 0.05) is 23.4 Å². The van der Waals surface area contributed by atoms with E-state index < -0.39 is 0 Å². The van der Waals surface area contributed by atoms with Gasteiger partial charge in [0.25, 0.3) is 0 Å². The van der Waals surface area contributed by atoms with E-state index in [2.05, 4.69) is 5.32 Å². The summed E-state index contributed by atoms with van der Waals surface area (Å²) in [6, 6.07) is 15.4. The van der Waals surface area contributed by atoms with Crippen molar-refractivity contribution in [3.05, 3.63) is 71.7 Å². The molecule has 4 rings (SSSR count). The molecule has 1 N–H and O–H groups in total. The van der Waals surface area contributed by atoms with Crippen LogP contribution in [0.1, 0.15) is 17.7 Å². The van der Waals surface area contributed by atoms with E-state index in [9.17, 15) is 9.18 Å². The Balaban J connectivity index is 1.66. The number of halogens is 1. The Morgan fingerprint density at radius 2 is 1.87 bits per heavy atom. The van der Waals surface area contributed by atoms with Crippen molar-refractivity contribution >= 4 is 22.6 Å². The number of anilines is 1. The van der Waals surface area contributed by atoms with Gasteiger partial charge in [0.2, 0.25) is 5.91 Å². The molecule has 0 saturated carbocycles. The summed E-state index contributed by atoms with van der Waals surface area (Å²) in [5, 5.41) is 8.52. The van der Waals surface area contributed by atoms with Crippen LogP contribution < -0.4 is 10.1 Å². The molecule has 0 atom stereocenters. The van der Waals surface area contributed by atoms with Crippen molar-refractivity contribution in [2.45, 2.75) is 26.8 Å². The van der Waals surface area contributed by atoms with E-state index in [1.165, 1.54) is 24.3 Å². The van der Waals surface area contributed by atoms with Gasteiger partial charge in [0.05, 0.1) is 19.0 Å². The summed E-state index contributed by atoms with van der Waals surface area (Å²) < 4.78 is 20.4. The first-order valence-electron chi connectivity index (χ1n) is 10.00. The Morgan fingerprint density at radius 1 is 1.13 bits per heavy atom. The number of nitrogens with zero attached hydrogens (tertiary/aromatic N) is 3. The number of fused-ring (bicyclic) bond motifs is 1. The van der Waals surface area contributed by atoms with Crippen LogP contribution in [-0.2, 0) is 11.3 Å². The van der Waals surface area contributed by atoms with Crippen LogP contribution in [-0.4, -0.2) is 27.8 Å². The molecule has 0 aliphatic heterocycles. The number of hydrogen-bond acceptors (Lipinski definition) is 4. The van der Waals surface area contributed by atoms with Crippen LogP contribution in [0.2, 0.25) is 0 Å². The summed E-state index contributed by atoms with van der Waals surface area (Å²) >= 11 is 0. The number of ether oxygens (including phenoxy) is 1. The summed E-state index contributed by atoms with van der Waals surface area (Å²) in [7, 11) is 1.63. The SMILES string of the molecule is COc1ccccc1-c1nn(CCC(=O)Nc2ccc(F)cc2)c2nc(C)cc(C)c12. The molecule has 2 heterocycles. The zero-order valence-corrected chi connectivity index (χ0v) is 17.6. The summed E-state index contributed by atoms with van der Waals surface area (Å²) in [4.78, 5) is 17.1. The van der Waals surface area contributed by atoms with E-state index >= 15 is 0 Å². The normalized spacial score (nSPS) is 11.0. The molecule has 0 aliphatic rings. The Bertz CT molecular complexity index is 1250. The molecule has 4 aromatic rings. The van der Waals surface area contributed by atoms with Gasteiger partial charge in [-0.1, -0.05) is 12.1 Å². The average molecular weight is 418 g/mol. The highest BCUT2D eigenvalue weighted by atomic mass is 19.1. The third kappa shape index (κ3) is 4.26. The molecule has 0 radical (unpaired) electrons. The predicted molar refractivity (Wildman–Crippen MR) is 119 cm³/mol. The molecule has 0 aliphatic carbocycles. The number of carbonyl (C=O) groups is 1. The van der Waals surface area contributed by atoms with Crippen molar-refractivity contribution in [1.82, 2.24) is 14.8 Å². The van der Waals surface area contributed by atoms with Crippen molar-refractivity contribution in [2.24, 2.45) is 0 Å². The van der Waals surface area contributed by atoms with Gasteiger partial charge in [0.1, 0.15) is 17.3 Å². The number of methoxy groups -OCH3 is 1. The number of benzene rings is 2. The number of aryl methyl sites for hydroxylation is 3. The molecule has 2 aromatic carbocycles. The fraction of sp³-hybridized carbons (Fsp3) is 0.208. The molecule has 0 fully saturated rings. The number of pyridine rings is 1. The van der Waals surface area contributed by atoms with Crippen LogP contribution in [0.3, 0.4) is 0 Å². The number of hydrogen-bond donors (Lipinski definition) is 1. The Labute approximate surface area is 179 Å². The van der Waals surface area contributed by atoms with E-state index in [1.54, 1.807) is 11.8 Å². The van der Waals surface area contributed by atoms with Crippen LogP contribution >= 0.6 is 0 Å². The molecule has 1 amide bonds. The molecule has 6 nitrogen and oxygen atoms in total. The number of nitrogens with one attached hydrogen (secondary N) is 1. The fourth-order valence-electron chi connectivity index (χ4n) is 3.66. The van der Waals surface area contributed by atoms with Crippen LogP contribution in [0.25, 0.3) is 22.3 Å². The number of amides is 1. The van der Waals surface area contributed by atoms with Crippen molar-refractivity contribution in [2.75, 3.05) is 12.4 Å². The lowest BCUT2D eigenvalue weighted by Gasteiger charge is -2.06. The maximum absolute atomic E-state index is 13.1. The Hall–Kier alpha value is -3.74. The van der Waals surface area contributed by atoms with Crippen LogP contribution in [0, 0.1) is 19.7 Å². The highest BCUT2D eigenvalue weighted by Gasteiger charge is 2.19. The van der Waals surface area contributed by atoms with Gasteiger partial charge in [0.15, 0.2) is 5.65 Å². The summed E-state index contributed by atoms with van der Waals surface area (Å²) in [5.74, 6) is 0.197. The second-order valence-corrected chi connectivity index (χ2v) is 7.36. The lowest BCUT2D eigenvalue weighted by Crippen LogP contribution is -2.15. The average Bonchev–Trinajstić information content (AvgIpc) is 3.12. The quantitative estimate of drug-likeness (QED) is 0.484. The van der Waals surface area contributed by atoms with Gasteiger partial charge in [-0.3, -0.25) is 4.79 Å². The van der Waals surface area contributed by atoms with Gasteiger partial charge >= 0.3 is 0 Å². The van der Waals surface area contributed by atoms with Gasteiger partial charge in [-0.2, -0.15) is 5.10 Å². The number of para-hydroxylation sites is 1. The molecule has 0 spiro atoms. The van der Waals surface area contributed by atoms with E-state index in [0.717, 1.165) is 39.3 Å². The minimum Gasteiger partial charge on any atom is -0.496 e. The molecule has 0 unspecified atom stereocenters. The largest absolute Gasteiger partial charge is 0.496 e. The van der Waals surface area contributed by atoms with Gasteiger partial charge < -0.3 is 10.1 Å². The zero-order chi connectivity index (χ0) is 22.0. The standard InChI is InChI=1S/C24H23FN4O2/c1-15-14-16(2)26-24-22(15)23(19-6-4-5-7-20(19)31-3)28-29(24)13-12-21(30)27-18-10-8-17(25)9-11-18/h4-11,14H,12-13H2,1-3H3,(H,27,30). The Morgan fingerprint density at radius 3 is 2.61 bits per heavy atom. The smallest absolute Gasteiger partial charge is 0.226 e. The first-order chi connectivity index (χ1) is 15.0. The first kappa shape index (κ1) is 20.5. The summed E-state index contributed by atoms with van der Waals surface area (Å²) in [5.41, 5.74) is 4.87. The third-order valence-corrected chi connectivity index (χ3v) is 5.07. The highest BCUT2D eigenvalue weighted by Crippen LogP contribution is 2.35. The second-order valence-electron chi connectivity index (χ2n) is 7.36. The predicted octanol–water partition coefficient (Wildman–Crippen LogP) is 4.89. The maximum atomic E-state index is 13.1. The molecular formula is C24H23FN4O2. The number of carbonyl (C=O) groups excluding carboxylic acids is 1. The minimum absolute atomic E-state index is 0.182. The number of rotatable bonds is 6. The van der Waals surface area contributed by atoms with Crippen molar-refractivity contribution in [1.29, 1.82) is 0 Å². The van der Waals surface area contributed by atoms with E-state index in [-0.39, 0.29) is 18.1 Å². The monoisotopic (exact) mass is 418 g/mol. The molecule has 2 aromatic heterocycles. The molecule has 31 heavy (non-hydrogen) atoms. The number of aromatic nitrogens is 3. The zero-order valence-electron chi connectivity index (χ0n) is 17.6. The fourth-order valence-corrected chi connectivity index (χ4v) is 3.66. The minimum atomic E-state index is -0.346. The molecular weight excluding hydrogens is 395 g/mol. The lowest BCUT2D eigenvalue weighted by atomic mass is 10.0. The van der Waals surface area contributed by atoms with Crippen LogP contribution in [0.4, 0.5) is 10.1 Å². The summed E-state index contributed by atoms with van der Waals surface area (Å²) in [6.45, 7) is 4.32. The maximum Gasteiger partial charge on any atom is 0.226 e. The lowest BCUT2D eigenvalue weighted by molar-refractivity contribution is -0.116. The van der Waals surface area contributed by atoms with Gasteiger partial charge in [-0.15, -0.1) is 0 Å². The van der Waals surface area contributed by atoms with Crippen molar-refractivity contribution in [3.63, 3.8) is 0 Å². The van der Waals surface area contributed by atoms with Crippen LogP contribution in [0.15, 0.2) is 54.6 Å². The van der Waals surface area contributed by atoms with Crippen molar-refractivity contribution in [3.8, 4) is 17.0 Å². The van der Waals surface area contributed by atoms with Gasteiger partial charge in [-0.25, -0.2) is 14.1 Å². The van der Waals surface area contributed by atoms with Gasteiger partial charge in [-0.05, 0) is 61.9 Å².